The first-order valence-electron chi connectivity index (χ1n) is 6.78. The fraction of sp³-hybridized carbons (Fsp3) is 0.133. The molecule has 0 aliphatic carbocycles. The highest BCUT2D eigenvalue weighted by Crippen LogP contribution is 2.25. The summed E-state index contributed by atoms with van der Waals surface area (Å²) in [6, 6.07) is 8.04. The first kappa shape index (κ1) is 11.9. The lowest BCUT2D eigenvalue weighted by molar-refractivity contribution is 0.595. The van der Waals surface area contributed by atoms with Gasteiger partial charge >= 0.3 is 0 Å². The van der Waals surface area contributed by atoms with Gasteiger partial charge in [-0.2, -0.15) is 0 Å². The first-order chi connectivity index (χ1) is 10.3. The van der Waals surface area contributed by atoms with Crippen LogP contribution < -0.4 is 5.73 Å². The average molecular weight is 278 g/mol. The lowest BCUT2D eigenvalue weighted by atomic mass is 10.2. The predicted molar refractivity (Wildman–Crippen MR) is 81.7 cm³/mol. The van der Waals surface area contributed by atoms with E-state index in [4.69, 9.17) is 5.73 Å². The quantitative estimate of drug-likeness (QED) is 0.622. The van der Waals surface area contributed by atoms with Crippen molar-refractivity contribution >= 4 is 27.9 Å². The zero-order valence-corrected chi connectivity index (χ0v) is 11.3. The molecule has 104 valence electrons. The first-order valence-corrected chi connectivity index (χ1v) is 6.78. The van der Waals surface area contributed by atoms with E-state index in [1.54, 1.807) is 18.7 Å². The smallest absolute Gasteiger partial charge is 0.201 e. The molecule has 6 nitrogen and oxygen atoms in total. The highest BCUT2D eigenvalue weighted by molar-refractivity contribution is 6.02. The second kappa shape index (κ2) is 4.59. The number of nitrogen functional groups attached to an aromatic ring is 1. The molecule has 6 heteroatoms. The Morgan fingerprint density at radius 2 is 2.00 bits per heavy atom. The maximum Gasteiger partial charge on any atom is 0.201 e. The summed E-state index contributed by atoms with van der Waals surface area (Å²) in [6.45, 7) is 1.54. The molecular formula is C15H14N6. The summed E-state index contributed by atoms with van der Waals surface area (Å²) in [5.41, 5.74) is 8.91. The maximum atomic E-state index is 6.08. The SMILES string of the molecule is Nc1nc2cnc3ccccc3c2n1CCn1ccnc1. The van der Waals surface area contributed by atoms with Crippen LogP contribution in [-0.4, -0.2) is 24.1 Å². The molecule has 4 aromatic rings. The standard InChI is InChI=1S/C15H14N6/c16-15-19-13-9-18-12-4-2-1-3-11(12)14(13)21(15)8-7-20-6-5-17-10-20/h1-6,9-10H,7-8H2,(H2,16,19). The molecule has 0 atom stereocenters. The van der Waals surface area contributed by atoms with Crippen molar-refractivity contribution in [1.82, 2.24) is 24.1 Å². The Morgan fingerprint density at radius 1 is 1.10 bits per heavy atom. The van der Waals surface area contributed by atoms with Crippen molar-refractivity contribution in [1.29, 1.82) is 0 Å². The van der Waals surface area contributed by atoms with Crippen LogP contribution in [0.1, 0.15) is 0 Å². The third kappa shape index (κ3) is 1.92. The molecule has 3 aromatic heterocycles. The van der Waals surface area contributed by atoms with Gasteiger partial charge in [-0.25, -0.2) is 9.97 Å². The minimum Gasteiger partial charge on any atom is -0.369 e. The topological polar surface area (TPSA) is 74.5 Å². The van der Waals surface area contributed by atoms with Crippen LogP contribution in [0, 0.1) is 0 Å². The van der Waals surface area contributed by atoms with E-state index in [-0.39, 0.29) is 0 Å². The predicted octanol–water partition coefficient (Wildman–Crippen LogP) is 2.06. The highest BCUT2D eigenvalue weighted by Gasteiger charge is 2.11. The second-order valence-corrected chi connectivity index (χ2v) is 4.93. The van der Waals surface area contributed by atoms with Crippen molar-refractivity contribution < 1.29 is 0 Å². The molecule has 0 aliphatic heterocycles. The lowest BCUT2D eigenvalue weighted by Gasteiger charge is -2.08. The molecule has 0 unspecified atom stereocenters. The van der Waals surface area contributed by atoms with E-state index in [2.05, 4.69) is 21.0 Å². The monoisotopic (exact) mass is 278 g/mol. The number of benzene rings is 1. The highest BCUT2D eigenvalue weighted by atomic mass is 15.2. The minimum atomic E-state index is 0.517. The number of pyridine rings is 1. The molecule has 0 saturated carbocycles. The van der Waals surface area contributed by atoms with Crippen molar-refractivity contribution in [2.24, 2.45) is 0 Å². The van der Waals surface area contributed by atoms with Gasteiger partial charge < -0.3 is 14.9 Å². The van der Waals surface area contributed by atoms with Gasteiger partial charge in [0.1, 0.15) is 5.52 Å². The van der Waals surface area contributed by atoms with Crippen molar-refractivity contribution in [2.45, 2.75) is 13.1 Å². The number of aromatic nitrogens is 5. The number of imidazole rings is 2. The third-order valence-corrected chi connectivity index (χ3v) is 3.65. The van der Waals surface area contributed by atoms with Gasteiger partial charge in [0.05, 0.1) is 23.6 Å². The van der Waals surface area contributed by atoms with Gasteiger partial charge in [0.2, 0.25) is 5.95 Å². The zero-order valence-electron chi connectivity index (χ0n) is 11.3. The molecule has 21 heavy (non-hydrogen) atoms. The van der Waals surface area contributed by atoms with E-state index >= 15 is 0 Å². The van der Waals surface area contributed by atoms with E-state index in [9.17, 15) is 0 Å². The molecule has 3 heterocycles. The van der Waals surface area contributed by atoms with Gasteiger partial charge in [-0.3, -0.25) is 4.98 Å². The number of aryl methyl sites for hydroxylation is 2. The number of fused-ring (bicyclic) bond motifs is 3. The summed E-state index contributed by atoms with van der Waals surface area (Å²) in [4.78, 5) is 12.9. The summed E-state index contributed by atoms with van der Waals surface area (Å²) in [6.07, 6.45) is 7.29. The summed E-state index contributed by atoms with van der Waals surface area (Å²) < 4.78 is 4.06. The zero-order chi connectivity index (χ0) is 14.2. The fourth-order valence-electron chi connectivity index (χ4n) is 2.64. The van der Waals surface area contributed by atoms with E-state index in [1.807, 2.05) is 33.5 Å². The average Bonchev–Trinajstić information content (AvgIpc) is 3.12. The number of anilines is 1. The number of para-hydroxylation sites is 1. The Labute approximate surface area is 120 Å². The van der Waals surface area contributed by atoms with Gasteiger partial charge in [-0.1, -0.05) is 18.2 Å². The summed E-state index contributed by atoms with van der Waals surface area (Å²) >= 11 is 0. The molecule has 0 fully saturated rings. The molecular weight excluding hydrogens is 264 g/mol. The Hall–Kier alpha value is -2.89. The van der Waals surface area contributed by atoms with Crippen LogP contribution in [0.5, 0.6) is 0 Å². The summed E-state index contributed by atoms with van der Waals surface area (Å²) in [5.74, 6) is 0.517. The van der Waals surface area contributed by atoms with Crippen molar-refractivity contribution in [3.8, 4) is 0 Å². The third-order valence-electron chi connectivity index (χ3n) is 3.65. The van der Waals surface area contributed by atoms with Crippen LogP contribution in [0.15, 0.2) is 49.2 Å². The van der Waals surface area contributed by atoms with E-state index in [1.165, 1.54) is 0 Å². The van der Waals surface area contributed by atoms with Crippen LogP contribution in [0.3, 0.4) is 0 Å². The fourth-order valence-corrected chi connectivity index (χ4v) is 2.64. The van der Waals surface area contributed by atoms with Gasteiger partial charge in [-0.15, -0.1) is 0 Å². The number of nitrogens with two attached hydrogens (primary N) is 1. The Bertz CT molecular complexity index is 907. The molecule has 0 aliphatic rings. The normalized spacial score (nSPS) is 11.4. The number of nitrogens with zero attached hydrogens (tertiary/aromatic N) is 5. The van der Waals surface area contributed by atoms with Crippen molar-refractivity contribution in [3.63, 3.8) is 0 Å². The molecule has 0 radical (unpaired) electrons. The van der Waals surface area contributed by atoms with Gasteiger partial charge in [0.25, 0.3) is 0 Å². The minimum absolute atomic E-state index is 0.517. The van der Waals surface area contributed by atoms with Crippen molar-refractivity contribution in [2.75, 3.05) is 5.73 Å². The van der Waals surface area contributed by atoms with Crippen molar-refractivity contribution in [3.05, 3.63) is 49.2 Å². The van der Waals surface area contributed by atoms with Crippen LogP contribution in [0.4, 0.5) is 5.95 Å². The van der Waals surface area contributed by atoms with E-state index < -0.39 is 0 Å². The Balaban J connectivity index is 1.86. The van der Waals surface area contributed by atoms with Crippen LogP contribution in [0.2, 0.25) is 0 Å². The molecule has 0 saturated heterocycles. The van der Waals surface area contributed by atoms with E-state index in [0.29, 0.717) is 5.95 Å². The summed E-state index contributed by atoms with van der Waals surface area (Å²) in [7, 11) is 0. The lowest BCUT2D eigenvalue weighted by Crippen LogP contribution is -2.09. The molecule has 0 amide bonds. The Morgan fingerprint density at radius 3 is 2.86 bits per heavy atom. The summed E-state index contributed by atoms with van der Waals surface area (Å²) in [5, 5.41) is 1.07. The van der Waals surface area contributed by atoms with Gasteiger partial charge in [0, 0.05) is 30.9 Å². The molecule has 0 spiro atoms. The number of hydrogen-bond donors (Lipinski definition) is 1. The molecule has 0 bridgehead atoms. The maximum absolute atomic E-state index is 6.08. The molecule has 2 N–H and O–H groups in total. The Kier molecular flexibility index (Phi) is 2.60. The molecule has 1 aromatic carbocycles. The van der Waals surface area contributed by atoms with E-state index in [0.717, 1.165) is 35.0 Å². The largest absolute Gasteiger partial charge is 0.369 e. The van der Waals surface area contributed by atoms with Gasteiger partial charge in [0.15, 0.2) is 0 Å². The second-order valence-electron chi connectivity index (χ2n) is 4.93. The van der Waals surface area contributed by atoms with Gasteiger partial charge in [-0.05, 0) is 6.07 Å². The molecule has 4 rings (SSSR count). The number of rotatable bonds is 3. The van der Waals surface area contributed by atoms with Crippen LogP contribution >= 0.6 is 0 Å². The van der Waals surface area contributed by atoms with Crippen LogP contribution in [-0.2, 0) is 13.1 Å². The number of hydrogen-bond acceptors (Lipinski definition) is 4. The van der Waals surface area contributed by atoms with Crippen LogP contribution in [0.25, 0.3) is 21.9 Å².